The molecular formula is C16H14ClN3. The van der Waals surface area contributed by atoms with Crippen LogP contribution in [0, 0.1) is 6.92 Å². The third-order valence-corrected chi connectivity index (χ3v) is 3.56. The summed E-state index contributed by atoms with van der Waals surface area (Å²) in [7, 11) is 0. The van der Waals surface area contributed by atoms with Crippen LogP contribution in [0.2, 0.25) is 5.02 Å². The lowest BCUT2D eigenvalue weighted by Crippen LogP contribution is -1.97. The van der Waals surface area contributed by atoms with Crippen molar-refractivity contribution in [3.05, 3.63) is 59.2 Å². The minimum atomic E-state index is 0.710. The quantitative estimate of drug-likeness (QED) is 0.680. The zero-order chi connectivity index (χ0) is 14.1. The third-order valence-electron chi connectivity index (χ3n) is 3.31. The van der Waals surface area contributed by atoms with Crippen molar-refractivity contribution in [3.8, 4) is 0 Å². The average Bonchev–Trinajstić information content (AvgIpc) is 2.46. The largest absolute Gasteiger partial charge is 0.398 e. The molecule has 0 aliphatic carbocycles. The van der Waals surface area contributed by atoms with E-state index in [0.29, 0.717) is 5.02 Å². The van der Waals surface area contributed by atoms with Crippen LogP contribution in [-0.4, -0.2) is 4.98 Å². The van der Waals surface area contributed by atoms with Crippen molar-refractivity contribution in [2.24, 2.45) is 0 Å². The maximum Gasteiger partial charge on any atom is 0.138 e. The second-order valence-electron chi connectivity index (χ2n) is 4.68. The summed E-state index contributed by atoms with van der Waals surface area (Å²) >= 11 is 5.89. The average molecular weight is 284 g/mol. The molecule has 1 heterocycles. The van der Waals surface area contributed by atoms with Crippen LogP contribution in [0.4, 0.5) is 17.2 Å². The molecule has 20 heavy (non-hydrogen) atoms. The van der Waals surface area contributed by atoms with E-state index in [4.69, 9.17) is 17.3 Å². The number of nitrogens with one attached hydrogen (secondary N) is 1. The number of aryl methyl sites for hydroxylation is 1. The van der Waals surface area contributed by atoms with Crippen LogP contribution < -0.4 is 11.1 Å². The van der Waals surface area contributed by atoms with Gasteiger partial charge < -0.3 is 11.1 Å². The van der Waals surface area contributed by atoms with Gasteiger partial charge in [-0.2, -0.15) is 0 Å². The molecule has 0 aliphatic rings. The Morgan fingerprint density at radius 3 is 2.50 bits per heavy atom. The number of aromatic nitrogens is 1. The Morgan fingerprint density at radius 2 is 1.75 bits per heavy atom. The number of rotatable bonds is 2. The van der Waals surface area contributed by atoms with Crippen molar-refractivity contribution in [2.75, 3.05) is 11.1 Å². The molecule has 0 fully saturated rings. The summed E-state index contributed by atoms with van der Waals surface area (Å²) in [4.78, 5) is 4.40. The second-order valence-corrected chi connectivity index (χ2v) is 5.12. The number of nitrogens with zero attached hydrogens (tertiary/aromatic N) is 1. The summed E-state index contributed by atoms with van der Waals surface area (Å²) in [6, 6.07) is 13.5. The smallest absolute Gasteiger partial charge is 0.138 e. The fourth-order valence-corrected chi connectivity index (χ4v) is 2.28. The van der Waals surface area contributed by atoms with Crippen molar-refractivity contribution in [1.29, 1.82) is 0 Å². The molecule has 0 saturated carbocycles. The molecule has 0 atom stereocenters. The Hall–Kier alpha value is -2.26. The minimum Gasteiger partial charge on any atom is -0.398 e. The predicted molar refractivity (Wildman–Crippen MR) is 85.6 cm³/mol. The number of nitrogens with two attached hydrogens (primary N) is 1. The van der Waals surface area contributed by atoms with Crippen molar-refractivity contribution < 1.29 is 0 Å². The van der Waals surface area contributed by atoms with Gasteiger partial charge in [0.2, 0.25) is 0 Å². The molecular weight excluding hydrogens is 270 g/mol. The van der Waals surface area contributed by atoms with Crippen LogP contribution in [0.5, 0.6) is 0 Å². The summed E-state index contributed by atoms with van der Waals surface area (Å²) in [6.07, 6.45) is 1.76. The standard InChI is InChI=1S/C16H14ClN3/c1-10-2-7-14-13(15(10)18)8-9-19-16(14)20-12-5-3-11(17)4-6-12/h2-9H,18H2,1H3,(H,19,20). The first-order chi connectivity index (χ1) is 9.65. The predicted octanol–water partition coefficient (Wildman–Crippen LogP) is 4.52. The Labute approximate surface area is 122 Å². The van der Waals surface area contributed by atoms with E-state index in [1.54, 1.807) is 6.20 Å². The lowest BCUT2D eigenvalue weighted by atomic mass is 10.1. The summed E-state index contributed by atoms with van der Waals surface area (Å²) in [6.45, 7) is 2.00. The molecule has 100 valence electrons. The Balaban J connectivity index is 2.08. The number of hydrogen-bond donors (Lipinski definition) is 2. The molecule has 4 heteroatoms. The highest BCUT2D eigenvalue weighted by Crippen LogP contribution is 2.30. The topological polar surface area (TPSA) is 50.9 Å². The fraction of sp³-hybridized carbons (Fsp3) is 0.0625. The molecule has 0 unspecified atom stereocenters. The lowest BCUT2D eigenvalue weighted by Gasteiger charge is -2.11. The third kappa shape index (κ3) is 2.28. The summed E-state index contributed by atoms with van der Waals surface area (Å²) in [5.41, 5.74) is 8.93. The van der Waals surface area contributed by atoms with Crippen molar-refractivity contribution in [1.82, 2.24) is 4.98 Å². The Kier molecular flexibility index (Phi) is 3.20. The zero-order valence-corrected chi connectivity index (χ0v) is 11.8. The van der Waals surface area contributed by atoms with E-state index in [0.717, 1.165) is 33.5 Å². The SMILES string of the molecule is Cc1ccc2c(Nc3ccc(Cl)cc3)nccc2c1N. The lowest BCUT2D eigenvalue weighted by molar-refractivity contribution is 1.33. The van der Waals surface area contributed by atoms with E-state index in [2.05, 4.69) is 10.3 Å². The van der Waals surface area contributed by atoms with Gasteiger partial charge in [-0.25, -0.2) is 4.98 Å². The summed E-state index contributed by atoms with van der Waals surface area (Å²) < 4.78 is 0. The monoisotopic (exact) mass is 283 g/mol. The molecule has 3 rings (SSSR count). The van der Waals surface area contributed by atoms with Crippen LogP contribution >= 0.6 is 11.6 Å². The van der Waals surface area contributed by atoms with Gasteiger partial charge in [-0.1, -0.05) is 23.7 Å². The summed E-state index contributed by atoms with van der Waals surface area (Å²) in [5, 5.41) is 6.02. The zero-order valence-electron chi connectivity index (χ0n) is 11.0. The fourth-order valence-electron chi connectivity index (χ4n) is 2.16. The molecule has 0 saturated heterocycles. The molecule has 3 nitrogen and oxygen atoms in total. The van der Waals surface area contributed by atoms with Crippen LogP contribution in [0.1, 0.15) is 5.56 Å². The van der Waals surface area contributed by atoms with Gasteiger partial charge in [-0.15, -0.1) is 0 Å². The van der Waals surface area contributed by atoms with Crippen LogP contribution in [0.15, 0.2) is 48.7 Å². The Bertz CT molecular complexity index is 767. The van der Waals surface area contributed by atoms with E-state index in [-0.39, 0.29) is 0 Å². The normalized spacial score (nSPS) is 10.7. The van der Waals surface area contributed by atoms with E-state index in [9.17, 15) is 0 Å². The van der Waals surface area contributed by atoms with Gasteiger partial charge in [0.15, 0.2) is 0 Å². The molecule has 0 amide bonds. The van der Waals surface area contributed by atoms with Crippen molar-refractivity contribution in [2.45, 2.75) is 6.92 Å². The molecule has 1 aromatic heterocycles. The van der Waals surface area contributed by atoms with E-state index >= 15 is 0 Å². The van der Waals surface area contributed by atoms with Crippen LogP contribution in [0.3, 0.4) is 0 Å². The maximum absolute atomic E-state index is 6.13. The number of hydrogen-bond acceptors (Lipinski definition) is 3. The van der Waals surface area contributed by atoms with Crippen LogP contribution in [0.25, 0.3) is 10.8 Å². The second kappa shape index (κ2) is 5.02. The molecule has 3 aromatic rings. The van der Waals surface area contributed by atoms with Gasteiger partial charge in [-0.05, 0) is 42.8 Å². The highest BCUT2D eigenvalue weighted by atomic mass is 35.5. The maximum atomic E-state index is 6.13. The van der Waals surface area contributed by atoms with Crippen LogP contribution in [-0.2, 0) is 0 Å². The van der Waals surface area contributed by atoms with Gasteiger partial charge in [0, 0.05) is 33.4 Å². The highest BCUT2D eigenvalue weighted by Gasteiger charge is 2.06. The molecule has 0 aliphatic heterocycles. The van der Waals surface area contributed by atoms with Crippen molar-refractivity contribution >= 4 is 39.6 Å². The van der Waals surface area contributed by atoms with Gasteiger partial charge >= 0.3 is 0 Å². The number of benzene rings is 2. The number of halogens is 1. The number of anilines is 3. The highest BCUT2D eigenvalue weighted by molar-refractivity contribution is 6.30. The number of fused-ring (bicyclic) bond motifs is 1. The Morgan fingerprint density at radius 1 is 1.00 bits per heavy atom. The first kappa shape index (κ1) is 12.8. The van der Waals surface area contributed by atoms with E-state index in [1.807, 2.05) is 49.4 Å². The first-order valence-corrected chi connectivity index (χ1v) is 6.69. The molecule has 0 radical (unpaired) electrons. The van der Waals surface area contributed by atoms with Crippen molar-refractivity contribution in [3.63, 3.8) is 0 Å². The number of pyridine rings is 1. The van der Waals surface area contributed by atoms with Gasteiger partial charge in [0.1, 0.15) is 5.82 Å². The molecule has 0 bridgehead atoms. The molecule has 0 spiro atoms. The summed E-state index contributed by atoms with van der Waals surface area (Å²) in [5.74, 6) is 0.788. The van der Waals surface area contributed by atoms with E-state index in [1.165, 1.54) is 0 Å². The molecule has 2 aromatic carbocycles. The van der Waals surface area contributed by atoms with Gasteiger partial charge in [0.05, 0.1) is 0 Å². The van der Waals surface area contributed by atoms with Gasteiger partial charge in [0.25, 0.3) is 0 Å². The molecule has 3 N–H and O–H groups in total. The van der Waals surface area contributed by atoms with E-state index < -0.39 is 0 Å². The first-order valence-electron chi connectivity index (χ1n) is 6.31. The van der Waals surface area contributed by atoms with Gasteiger partial charge in [-0.3, -0.25) is 0 Å². The number of nitrogen functional groups attached to an aromatic ring is 1. The minimum absolute atomic E-state index is 0.710.